The zero-order chi connectivity index (χ0) is 7.49. The Labute approximate surface area is 54.6 Å². The highest BCUT2D eigenvalue weighted by atomic mass is 32.2. The standard InChI is InChI=1S/C4H10O4S/c1-4(3-5)8-9(2,6)7/h4-5H,3H2,1-2H3/t4-/m0/s1. The average molecular weight is 154 g/mol. The van der Waals surface area contributed by atoms with Crippen LogP contribution in [0.15, 0.2) is 0 Å². The minimum Gasteiger partial charge on any atom is -0.394 e. The Morgan fingerprint density at radius 3 is 2.22 bits per heavy atom. The molecule has 56 valence electrons. The van der Waals surface area contributed by atoms with Crippen molar-refractivity contribution in [3.05, 3.63) is 0 Å². The smallest absolute Gasteiger partial charge is 0.264 e. The fraction of sp³-hybridized carbons (Fsp3) is 1.00. The highest BCUT2D eigenvalue weighted by Crippen LogP contribution is 1.93. The second kappa shape index (κ2) is 3.14. The number of aliphatic hydroxyl groups is 1. The van der Waals surface area contributed by atoms with Crippen LogP contribution in [0.1, 0.15) is 6.92 Å². The molecule has 0 saturated carbocycles. The molecule has 5 heteroatoms. The lowest BCUT2D eigenvalue weighted by atomic mass is 10.5. The van der Waals surface area contributed by atoms with Crippen LogP contribution >= 0.6 is 0 Å². The molecular weight excluding hydrogens is 144 g/mol. The van der Waals surface area contributed by atoms with Gasteiger partial charge in [0.15, 0.2) is 0 Å². The minimum absolute atomic E-state index is 0.285. The van der Waals surface area contributed by atoms with Crippen molar-refractivity contribution in [1.29, 1.82) is 0 Å². The van der Waals surface area contributed by atoms with E-state index in [4.69, 9.17) is 5.11 Å². The van der Waals surface area contributed by atoms with E-state index in [1.807, 2.05) is 0 Å². The molecule has 9 heavy (non-hydrogen) atoms. The summed E-state index contributed by atoms with van der Waals surface area (Å²) in [6.45, 7) is 1.19. The molecule has 0 heterocycles. The first-order valence-electron chi connectivity index (χ1n) is 2.45. The Hall–Kier alpha value is -0.130. The highest BCUT2D eigenvalue weighted by Gasteiger charge is 2.07. The predicted octanol–water partition coefficient (Wildman–Crippen LogP) is -0.657. The van der Waals surface area contributed by atoms with Crippen molar-refractivity contribution < 1.29 is 17.7 Å². The first-order chi connectivity index (χ1) is 3.95. The molecule has 0 unspecified atom stereocenters. The van der Waals surface area contributed by atoms with Crippen LogP contribution in [0.25, 0.3) is 0 Å². The summed E-state index contributed by atoms with van der Waals surface area (Å²) in [7, 11) is -3.40. The summed E-state index contributed by atoms with van der Waals surface area (Å²) in [5.41, 5.74) is 0. The first-order valence-corrected chi connectivity index (χ1v) is 4.26. The van der Waals surface area contributed by atoms with Gasteiger partial charge in [-0.2, -0.15) is 8.42 Å². The molecule has 0 aliphatic heterocycles. The van der Waals surface area contributed by atoms with Gasteiger partial charge in [0.25, 0.3) is 10.1 Å². The second-order valence-corrected chi connectivity index (χ2v) is 3.39. The van der Waals surface area contributed by atoms with Crippen molar-refractivity contribution in [2.75, 3.05) is 12.9 Å². The first kappa shape index (κ1) is 8.87. The monoisotopic (exact) mass is 154 g/mol. The molecule has 4 nitrogen and oxygen atoms in total. The Morgan fingerprint density at radius 1 is 1.67 bits per heavy atom. The van der Waals surface area contributed by atoms with E-state index < -0.39 is 16.2 Å². The largest absolute Gasteiger partial charge is 0.394 e. The van der Waals surface area contributed by atoms with E-state index in [0.29, 0.717) is 0 Å². The summed E-state index contributed by atoms with van der Waals surface area (Å²) in [4.78, 5) is 0. The zero-order valence-corrected chi connectivity index (χ0v) is 6.18. The molecule has 0 aliphatic rings. The summed E-state index contributed by atoms with van der Waals surface area (Å²) >= 11 is 0. The van der Waals surface area contributed by atoms with Crippen LogP contribution < -0.4 is 0 Å². The molecular formula is C4H10O4S. The molecule has 0 saturated heterocycles. The molecule has 1 N–H and O–H groups in total. The predicted molar refractivity (Wildman–Crippen MR) is 32.5 cm³/mol. The number of hydrogen-bond donors (Lipinski definition) is 1. The summed E-state index contributed by atoms with van der Waals surface area (Å²) in [5, 5.41) is 8.31. The Balaban J connectivity index is 3.75. The molecule has 0 radical (unpaired) electrons. The lowest BCUT2D eigenvalue weighted by Gasteiger charge is -2.05. The lowest BCUT2D eigenvalue weighted by molar-refractivity contribution is 0.136. The van der Waals surface area contributed by atoms with Gasteiger partial charge in [-0.3, -0.25) is 4.18 Å². The summed E-state index contributed by atoms with van der Waals surface area (Å²) in [5.74, 6) is 0. The van der Waals surface area contributed by atoms with E-state index >= 15 is 0 Å². The molecule has 0 aromatic carbocycles. The third-order valence-electron chi connectivity index (χ3n) is 0.596. The molecule has 0 amide bonds. The molecule has 0 aromatic rings. The van der Waals surface area contributed by atoms with Crippen LogP contribution in [0.2, 0.25) is 0 Å². The van der Waals surface area contributed by atoms with Gasteiger partial charge >= 0.3 is 0 Å². The lowest BCUT2D eigenvalue weighted by Crippen LogP contribution is -2.17. The van der Waals surface area contributed by atoms with Crippen molar-refractivity contribution in [2.24, 2.45) is 0 Å². The van der Waals surface area contributed by atoms with E-state index in [1.54, 1.807) is 0 Å². The molecule has 0 aromatic heterocycles. The van der Waals surface area contributed by atoms with Crippen LogP contribution in [-0.2, 0) is 14.3 Å². The molecule has 0 spiro atoms. The van der Waals surface area contributed by atoms with Crippen LogP contribution in [0, 0.1) is 0 Å². The van der Waals surface area contributed by atoms with Gasteiger partial charge in [-0.1, -0.05) is 0 Å². The van der Waals surface area contributed by atoms with E-state index in [2.05, 4.69) is 4.18 Å². The fourth-order valence-electron chi connectivity index (χ4n) is 0.329. The van der Waals surface area contributed by atoms with Gasteiger partial charge in [-0.05, 0) is 6.92 Å². The summed E-state index contributed by atoms with van der Waals surface area (Å²) in [6.07, 6.45) is 0.305. The van der Waals surface area contributed by atoms with Gasteiger partial charge in [0.1, 0.15) is 0 Å². The van der Waals surface area contributed by atoms with Gasteiger partial charge in [-0.15, -0.1) is 0 Å². The van der Waals surface area contributed by atoms with Crippen LogP contribution in [0.5, 0.6) is 0 Å². The fourth-order valence-corrected chi connectivity index (χ4v) is 0.986. The Bertz CT molecular complexity index is 159. The van der Waals surface area contributed by atoms with E-state index in [0.717, 1.165) is 6.26 Å². The Morgan fingerprint density at radius 2 is 2.11 bits per heavy atom. The van der Waals surface area contributed by atoms with Gasteiger partial charge < -0.3 is 5.11 Å². The third-order valence-corrected chi connectivity index (χ3v) is 1.27. The Kier molecular flexibility index (Phi) is 3.10. The quantitative estimate of drug-likeness (QED) is 0.548. The average Bonchev–Trinajstić information content (AvgIpc) is 1.62. The maximum Gasteiger partial charge on any atom is 0.264 e. The highest BCUT2D eigenvalue weighted by molar-refractivity contribution is 7.86. The molecule has 0 rings (SSSR count). The number of aliphatic hydroxyl groups excluding tert-OH is 1. The van der Waals surface area contributed by atoms with Crippen molar-refractivity contribution >= 4 is 10.1 Å². The maximum absolute atomic E-state index is 10.3. The van der Waals surface area contributed by atoms with Crippen molar-refractivity contribution in [2.45, 2.75) is 13.0 Å². The van der Waals surface area contributed by atoms with E-state index in [-0.39, 0.29) is 6.61 Å². The van der Waals surface area contributed by atoms with E-state index in [1.165, 1.54) is 6.92 Å². The minimum atomic E-state index is -3.40. The number of hydrogen-bond acceptors (Lipinski definition) is 4. The summed E-state index contributed by atoms with van der Waals surface area (Å²) < 4.78 is 24.8. The molecule has 0 fully saturated rings. The topological polar surface area (TPSA) is 63.6 Å². The zero-order valence-electron chi connectivity index (χ0n) is 5.36. The van der Waals surface area contributed by atoms with E-state index in [9.17, 15) is 8.42 Å². The van der Waals surface area contributed by atoms with Gasteiger partial charge in [0, 0.05) is 0 Å². The molecule has 1 atom stereocenters. The molecule has 0 aliphatic carbocycles. The van der Waals surface area contributed by atoms with Crippen molar-refractivity contribution in [3.63, 3.8) is 0 Å². The van der Waals surface area contributed by atoms with Crippen LogP contribution in [-0.4, -0.2) is 32.5 Å². The van der Waals surface area contributed by atoms with Gasteiger partial charge in [-0.25, -0.2) is 0 Å². The summed E-state index contributed by atoms with van der Waals surface area (Å²) in [6, 6.07) is 0. The normalized spacial score (nSPS) is 15.4. The SMILES string of the molecule is C[C@@H](CO)OS(C)(=O)=O. The number of rotatable bonds is 3. The van der Waals surface area contributed by atoms with Gasteiger partial charge in [0.05, 0.1) is 19.0 Å². The maximum atomic E-state index is 10.3. The van der Waals surface area contributed by atoms with Gasteiger partial charge in [0.2, 0.25) is 0 Å². The van der Waals surface area contributed by atoms with Crippen molar-refractivity contribution in [1.82, 2.24) is 0 Å². The second-order valence-electron chi connectivity index (χ2n) is 1.79. The van der Waals surface area contributed by atoms with Crippen LogP contribution in [0.3, 0.4) is 0 Å². The third kappa shape index (κ3) is 5.75. The van der Waals surface area contributed by atoms with Crippen molar-refractivity contribution in [3.8, 4) is 0 Å². The molecule has 0 bridgehead atoms. The van der Waals surface area contributed by atoms with Crippen LogP contribution in [0.4, 0.5) is 0 Å².